The largest absolute Gasteiger partial charge is 0.486 e. The number of amides is 1. The van der Waals surface area contributed by atoms with E-state index in [0.29, 0.717) is 24.7 Å². The number of fused-ring (bicyclic) bond motifs is 1. The fraction of sp³-hybridized carbons (Fsp3) is 0.278. The van der Waals surface area contributed by atoms with Crippen LogP contribution in [0.15, 0.2) is 47.4 Å². The second-order valence-corrected chi connectivity index (χ2v) is 6.84. The second kappa shape index (κ2) is 8.27. The van der Waals surface area contributed by atoms with Gasteiger partial charge < -0.3 is 19.5 Å². The van der Waals surface area contributed by atoms with Crippen molar-refractivity contribution in [3.05, 3.63) is 42.5 Å². The molecule has 3 rings (SSSR count). The molecule has 1 N–H and O–H groups in total. The molecule has 2 aromatic carbocycles. The van der Waals surface area contributed by atoms with E-state index >= 15 is 0 Å². The molecule has 1 heterocycles. The van der Waals surface area contributed by atoms with Crippen LogP contribution in [0.4, 0.5) is 14.5 Å². The highest BCUT2D eigenvalue weighted by atomic mass is 32.2. The number of alkyl halides is 2. The lowest BCUT2D eigenvalue weighted by atomic mass is 10.3. The fourth-order valence-corrected chi connectivity index (χ4v) is 3.25. The molecule has 0 bridgehead atoms. The molecule has 0 aromatic heterocycles. The lowest BCUT2D eigenvalue weighted by molar-refractivity contribution is -0.115. The predicted molar refractivity (Wildman–Crippen MR) is 94.5 cm³/mol. The van der Waals surface area contributed by atoms with Gasteiger partial charge >= 0.3 is 6.61 Å². The summed E-state index contributed by atoms with van der Waals surface area (Å²) in [5, 5.41) is 2.16. The van der Waals surface area contributed by atoms with Gasteiger partial charge in [0, 0.05) is 4.90 Å². The van der Waals surface area contributed by atoms with Crippen LogP contribution in [0.1, 0.15) is 6.92 Å². The average molecular weight is 381 g/mol. The minimum absolute atomic E-state index is 0.0765. The van der Waals surface area contributed by atoms with Crippen molar-refractivity contribution < 1.29 is 27.8 Å². The van der Waals surface area contributed by atoms with Gasteiger partial charge in [-0.2, -0.15) is 8.78 Å². The summed E-state index contributed by atoms with van der Waals surface area (Å²) in [7, 11) is 0. The summed E-state index contributed by atoms with van der Waals surface area (Å²) in [5.41, 5.74) is 0.201. The molecule has 1 aliphatic rings. The predicted octanol–water partition coefficient (Wildman–Crippen LogP) is 4.18. The molecule has 0 saturated carbocycles. The van der Waals surface area contributed by atoms with Gasteiger partial charge in [0.2, 0.25) is 5.91 Å². The zero-order valence-electron chi connectivity index (χ0n) is 13.9. The van der Waals surface area contributed by atoms with Crippen LogP contribution in [-0.2, 0) is 4.79 Å². The Morgan fingerprint density at radius 1 is 1.15 bits per heavy atom. The molecule has 26 heavy (non-hydrogen) atoms. The number of carbonyl (C=O) groups is 1. The van der Waals surface area contributed by atoms with Gasteiger partial charge in [-0.05, 0) is 37.3 Å². The van der Waals surface area contributed by atoms with E-state index in [1.54, 1.807) is 25.1 Å². The molecule has 0 spiro atoms. The van der Waals surface area contributed by atoms with Crippen molar-refractivity contribution in [3.63, 3.8) is 0 Å². The third-order valence-corrected chi connectivity index (χ3v) is 4.65. The highest BCUT2D eigenvalue weighted by Gasteiger charge is 2.19. The normalized spacial score (nSPS) is 14.0. The molecular weight excluding hydrogens is 364 g/mol. The minimum Gasteiger partial charge on any atom is -0.486 e. The van der Waals surface area contributed by atoms with Crippen LogP contribution in [0.3, 0.4) is 0 Å². The third kappa shape index (κ3) is 4.57. The van der Waals surface area contributed by atoms with E-state index in [0.717, 1.165) is 4.90 Å². The van der Waals surface area contributed by atoms with Crippen molar-refractivity contribution in [2.75, 3.05) is 18.5 Å². The first-order chi connectivity index (χ1) is 12.5. The number of nitrogens with one attached hydrogen (secondary N) is 1. The number of anilines is 1. The average Bonchev–Trinajstić information content (AvgIpc) is 2.62. The number of ether oxygens (including phenoxy) is 3. The summed E-state index contributed by atoms with van der Waals surface area (Å²) in [4.78, 5) is 13.3. The number of benzene rings is 2. The van der Waals surface area contributed by atoms with Crippen LogP contribution in [0.2, 0.25) is 0 Å². The van der Waals surface area contributed by atoms with Gasteiger partial charge in [0.25, 0.3) is 0 Å². The standard InChI is InChI=1S/C18H17F2NO4S/c1-11(26-12-6-7-15-16(10-12)24-9-8-23-15)17(22)21-13-4-2-3-5-14(13)25-18(19)20/h2-7,10-11,18H,8-9H2,1H3,(H,21,22)/t11-/m0/s1. The molecule has 1 aliphatic heterocycles. The van der Waals surface area contributed by atoms with Crippen LogP contribution >= 0.6 is 11.8 Å². The molecule has 1 atom stereocenters. The molecule has 0 saturated heterocycles. The topological polar surface area (TPSA) is 56.8 Å². The van der Waals surface area contributed by atoms with Crippen LogP contribution < -0.4 is 19.5 Å². The van der Waals surface area contributed by atoms with Gasteiger partial charge in [0.05, 0.1) is 10.9 Å². The Hall–Kier alpha value is -2.48. The summed E-state index contributed by atoms with van der Waals surface area (Å²) in [6, 6.07) is 11.5. The van der Waals surface area contributed by atoms with Crippen molar-refractivity contribution in [2.24, 2.45) is 0 Å². The van der Waals surface area contributed by atoms with E-state index in [1.807, 2.05) is 12.1 Å². The third-order valence-electron chi connectivity index (χ3n) is 3.56. The molecule has 1 amide bonds. The van der Waals surface area contributed by atoms with E-state index in [2.05, 4.69) is 10.1 Å². The molecule has 2 aromatic rings. The van der Waals surface area contributed by atoms with Gasteiger partial charge in [0.15, 0.2) is 11.5 Å². The number of rotatable bonds is 6. The molecule has 0 unspecified atom stereocenters. The first-order valence-corrected chi connectivity index (χ1v) is 8.82. The number of halogens is 2. The Balaban J connectivity index is 1.65. The number of carbonyl (C=O) groups excluding carboxylic acids is 1. The van der Waals surface area contributed by atoms with Crippen molar-refractivity contribution >= 4 is 23.4 Å². The Morgan fingerprint density at radius 3 is 2.65 bits per heavy atom. The van der Waals surface area contributed by atoms with Crippen molar-refractivity contribution in [2.45, 2.75) is 23.7 Å². The number of para-hydroxylation sites is 2. The molecule has 0 radical (unpaired) electrons. The quantitative estimate of drug-likeness (QED) is 0.761. The molecule has 0 aliphatic carbocycles. The van der Waals surface area contributed by atoms with Crippen LogP contribution in [-0.4, -0.2) is 31.0 Å². The zero-order valence-corrected chi connectivity index (χ0v) is 14.7. The molecule has 0 fully saturated rings. The maximum atomic E-state index is 12.5. The van der Waals surface area contributed by atoms with Crippen LogP contribution in [0, 0.1) is 0 Å². The van der Waals surface area contributed by atoms with Gasteiger partial charge in [0.1, 0.15) is 19.0 Å². The van der Waals surface area contributed by atoms with Crippen molar-refractivity contribution in [3.8, 4) is 17.2 Å². The number of hydrogen-bond donors (Lipinski definition) is 1. The maximum Gasteiger partial charge on any atom is 0.387 e. The van der Waals surface area contributed by atoms with E-state index in [1.165, 1.54) is 23.9 Å². The molecule has 138 valence electrons. The van der Waals surface area contributed by atoms with Crippen LogP contribution in [0.5, 0.6) is 17.2 Å². The van der Waals surface area contributed by atoms with Gasteiger partial charge in [-0.3, -0.25) is 4.79 Å². The molecular formula is C18H17F2NO4S. The van der Waals surface area contributed by atoms with Gasteiger partial charge in [-0.25, -0.2) is 0 Å². The van der Waals surface area contributed by atoms with E-state index in [-0.39, 0.29) is 17.3 Å². The Bertz CT molecular complexity index is 788. The monoisotopic (exact) mass is 381 g/mol. The molecule has 5 nitrogen and oxygen atoms in total. The lowest BCUT2D eigenvalue weighted by Gasteiger charge is -2.19. The van der Waals surface area contributed by atoms with Crippen molar-refractivity contribution in [1.82, 2.24) is 0 Å². The highest BCUT2D eigenvalue weighted by molar-refractivity contribution is 8.00. The van der Waals surface area contributed by atoms with Gasteiger partial charge in [-0.15, -0.1) is 11.8 Å². The number of thioether (sulfide) groups is 1. The Morgan fingerprint density at radius 2 is 1.88 bits per heavy atom. The van der Waals surface area contributed by atoms with Crippen LogP contribution in [0.25, 0.3) is 0 Å². The summed E-state index contributed by atoms with van der Waals surface area (Å²) in [6.07, 6.45) is 0. The summed E-state index contributed by atoms with van der Waals surface area (Å²) < 4.78 is 40.3. The summed E-state index contributed by atoms with van der Waals surface area (Å²) in [5.74, 6) is 0.919. The maximum absolute atomic E-state index is 12.5. The first-order valence-electron chi connectivity index (χ1n) is 7.94. The highest BCUT2D eigenvalue weighted by Crippen LogP contribution is 2.36. The lowest BCUT2D eigenvalue weighted by Crippen LogP contribution is -2.23. The van der Waals surface area contributed by atoms with E-state index in [9.17, 15) is 13.6 Å². The first kappa shape index (κ1) is 18.3. The fourth-order valence-electron chi connectivity index (χ4n) is 2.36. The molecule has 8 heteroatoms. The summed E-state index contributed by atoms with van der Waals surface area (Å²) >= 11 is 1.33. The number of hydrogen-bond acceptors (Lipinski definition) is 5. The van der Waals surface area contributed by atoms with E-state index in [4.69, 9.17) is 9.47 Å². The van der Waals surface area contributed by atoms with Gasteiger partial charge in [-0.1, -0.05) is 12.1 Å². The Labute approximate surface area is 153 Å². The van der Waals surface area contributed by atoms with E-state index < -0.39 is 11.9 Å². The second-order valence-electron chi connectivity index (χ2n) is 5.43. The summed E-state index contributed by atoms with van der Waals surface area (Å²) in [6.45, 7) is -0.235. The van der Waals surface area contributed by atoms with Crippen molar-refractivity contribution in [1.29, 1.82) is 0 Å². The smallest absolute Gasteiger partial charge is 0.387 e. The Kier molecular flexibility index (Phi) is 5.82. The minimum atomic E-state index is -2.96. The zero-order chi connectivity index (χ0) is 18.5. The SMILES string of the molecule is C[C@H](Sc1ccc2c(c1)OCCO2)C(=O)Nc1ccccc1OC(F)F.